The first kappa shape index (κ1) is 24.3. The topological polar surface area (TPSA) is 83.2 Å². The van der Waals surface area contributed by atoms with Gasteiger partial charge in [-0.25, -0.2) is 9.97 Å². The van der Waals surface area contributed by atoms with Crippen molar-refractivity contribution in [3.63, 3.8) is 0 Å². The van der Waals surface area contributed by atoms with Crippen molar-refractivity contribution in [3.8, 4) is 5.69 Å². The van der Waals surface area contributed by atoms with Crippen molar-refractivity contribution in [2.45, 2.75) is 69.4 Å². The second kappa shape index (κ2) is 8.12. The van der Waals surface area contributed by atoms with E-state index in [1.165, 1.54) is 0 Å². The molecule has 3 aromatic rings. The molecule has 1 spiro atoms. The molecule has 0 atom stereocenters. The van der Waals surface area contributed by atoms with E-state index >= 15 is 0 Å². The summed E-state index contributed by atoms with van der Waals surface area (Å²) in [4.78, 5) is 13.0. The van der Waals surface area contributed by atoms with Gasteiger partial charge in [0.15, 0.2) is 11.4 Å². The number of anilines is 1. The third kappa shape index (κ3) is 3.73. The smallest absolute Gasteiger partial charge is 0.380 e. The highest BCUT2D eigenvalue weighted by atomic mass is 35.5. The van der Waals surface area contributed by atoms with Crippen LogP contribution in [0.3, 0.4) is 0 Å². The molecule has 38 heavy (non-hydrogen) atoms. The van der Waals surface area contributed by atoms with Gasteiger partial charge in [0.25, 0.3) is 0 Å². The predicted octanol–water partition coefficient (Wildman–Crippen LogP) is 4.17. The summed E-state index contributed by atoms with van der Waals surface area (Å²) in [6, 6.07) is 7.18. The van der Waals surface area contributed by atoms with Crippen LogP contribution in [0.1, 0.15) is 54.6 Å². The van der Waals surface area contributed by atoms with Crippen LogP contribution in [-0.2, 0) is 13.1 Å². The van der Waals surface area contributed by atoms with Crippen LogP contribution in [0.4, 0.5) is 19.0 Å². The third-order valence-electron chi connectivity index (χ3n) is 8.81. The van der Waals surface area contributed by atoms with Crippen LogP contribution in [-0.4, -0.2) is 65.6 Å². The Labute approximate surface area is 222 Å². The van der Waals surface area contributed by atoms with E-state index in [1.54, 1.807) is 6.20 Å². The van der Waals surface area contributed by atoms with E-state index in [0.29, 0.717) is 23.9 Å². The van der Waals surface area contributed by atoms with Crippen LogP contribution in [0.5, 0.6) is 0 Å². The minimum Gasteiger partial charge on any atom is -0.380 e. The van der Waals surface area contributed by atoms with Crippen molar-refractivity contribution < 1.29 is 18.3 Å². The first-order valence-electron chi connectivity index (χ1n) is 12.8. The van der Waals surface area contributed by atoms with Crippen LogP contribution in [0.2, 0.25) is 5.02 Å². The summed E-state index contributed by atoms with van der Waals surface area (Å²) in [7, 11) is 0. The van der Waals surface area contributed by atoms with Crippen molar-refractivity contribution in [1.82, 2.24) is 29.6 Å². The molecule has 0 bridgehead atoms. The first-order valence-corrected chi connectivity index (χ1v) is 13.2. The minimum absolute atomic E-state index is 0.240. The highest BCUT2D eigenvalue weighted by Gasteiger charge is 2.62. The van der Waals surface area contributed by atoms with Gasteiger partial charge in [-0.3, -0.25) is 9.47 Å². The van der Waals surface area contributed by atoms with E-state index in [4.69, 9.17) is 11.6 Å². The number of fused-ring (bicyclic) bond motifs is 3. The Balaban J connectivity index is 1.12. The monoisotopic (exact) mass is 545 g/mol. The van der Waals surface area contributed by atoms with Gasteiger partial charge in [-0.1, -0.05) is 11.6 Å². The van der Waals surface area contributed by atoms with Gasteiger partial charge in [-0.05, 0) is 49.6 Å². The number of rotatable bonds is 3. The number of alkyl halides is 3. The molecule has 12 heteroatoms. The Morgan fingerprint density at radius 3 is 2.53 bits per heavy atom. The van der Waals surface area contributed by atoms with E-state index in [-0.39, 0.29) is 24.2 Å². The molecule has 0 radical (unpaired) electrons. The second-order valence-electron chi connectivity index (χ2n) is 11.5. The SMILES string of the molecule is Cc1nccc(N2CC3(CC(c4nnc5n4-c4ccc(Cl)cc4CN(C4CC(O)(C(F)(F)F)C4)C5)C3)C2)n1. The van der Waals surface area contributed by atoms with Crippen LogP contribution >= 0.6 is 11.6 Å². The summed E-state index contributed by atoms with van der Waals surface area (Å²) < 4.78 is 41.9. The second-order valence-corrected chi connectivity index (χ2v) is 11.9. The fourth-order valence-electron chi connectivity index (χ4n) is 6.75. The van der Waals surface area contributed by atoms with Gasteiger partial charge in [0.2, 0.25) is 0 Å². The number of halogens is 4. The fraction of sp³-hybridized carbons (Fsp3) is 0.538. The maximum absolute atomic E-state index is 13.3. The van der Waals surface area contributed by atoms with E-state index < -0.39 is 17.8 Å². The zero-order chi connectivity index (χ0) is 26.4. The molecule has 4 aliphatic rings. The highest BCUT2D eigenvalue weighted by molar-refractivity contribution is 6.30. The number of hydrogen-bond donors (Lipinski definition) is 1. The summed E-state index contributed by atoms with van der Waals surface area (Å²) in [5.41, 5.74) is -0.544. The molecule has 1 N–H and O–H groups in total. The molecule has 1 saturated heterocycles. The van der Waals surface area contributed by atoms with Crippen LogP contribution in [0.15, 0.2) is 30.5 Å². The van der Waals surface area contributed by atoms with Crippen LogP contribution < -0.4 is 4.90 Å². The number of aromatic nitrogens is 5. The third-order valence-corrected chi connectivity index (χ3v) is 9.04. The van der Waals surface area contributed by atoms with Gasteiger partial charge >= 0.3 is 6.18 Å². The molecule has 0 amide bonds. The zero-order valence-corrected chi connectivity index (χ0v) is 21.5. The zero-order valence-electron chi connectivity index (χ0n) is 20.8. The Bertz CT molecular complexity index is 1410. The van der Waals surface area contributed by atoms with Crippen molar-refractivity contribution in [2.24, 2.45) is 5.41 Å². The molecule has 4 heterocycles. The van der Waals surface area contributed by atoms with E-state index in [9.17, 15) is 18.3 Å². The molecular formula is C26H27ClF3N7O. The molecule has 2 aromatic heterocycles. The molecule has 0 unspecified atom stereocenters. The molecule has 1 aromatic carbocycles. The summed E-state index contributed by atoms with van der Waals surface area (Å²) in [6.07, 6.45) is -1.54. The van der Waals surface area contributed by atoms with Crippen LogP contribution in [0.25, 0.3) is 5.69 Å². The molecule has 3 fully saturated rings. The lowest BCUT2D eigenvalue weighted by molar-refractivity contribution is -0.300. The largest absolute Gasteiger partial charge is 0.417 e. The van der Waals surface area contributed by atoms with Gasteiger partial charge in [-0.15, -0.1) is 10.2 Å². The molecule has 200 valence electrons. The van der Waals surface area contributed by atoms with Crippen molar-refractivity contribution in [3.05, 3.63) is 58.5 Å². The quantitative estimate of drug-likeness (QED) is 0.529. The lowest BCUT2D eigenvalue weighted by Crippen LogP contribution is -2.62. The highest BCUT2D eigenvalue weighted by Crippen LogP contribution is 2.57. The molecular weight excluding hydrogens is 519 g/mol. The van der Waals surface area contributed by atoms with Crippen molar-refractivity contribution in [1.29, 1.82) is 0 Å². The fourth-order valence-corrected chi connectivity index (χ4v) is 6.95. The Morgan fingerprint density at radius 1 is 1.05 bits per heavy atom. The molecule has 2 aliphatic carbocycles. The molecule has 2 saturated carbocycles. The maximum Gasteiger partial charge on any atom is 0.417 e. The van der Waals surface area contributed by atoms with E-state index in [0.717, 1.165) is 54.6 Å². The normalized spacial score (nSPS) is 26.7. The van der Waals surface area contributed by atoms with Crippen LogP contribution in [0, 0.1) is 12.3 Å². The summed E-state index contributed by atoms with van der Waals surface area (Å²) in [5, 5.41) is 19.7. The minimum atomic E-state index is -4.63. The van der Waals surface area contributed by atoms with E-state index in [2.05, 4.69) is 29.6 Å². The number of aliphatic hydroxyl groups is 1. The van der Waals surface area contributed by atoms with Gasteiger partial charge in [-0.2, -0.15) is 13.2 Å². The van der Waals surface area contributed by atoms with Gasteiger partial charge in [0, 0.05) is 61.1 Å². The maximum atomic E-state index is 13.3. The molecule has 7 rings (SSSR count). The lowest BCUT2D eigenvalue weighted by atomic mass is 9.57. The van der Waals surface area contributed by atoms with Gasteiger partial charge in [0.05, 0.1) is 12.2 Å². The van der Waals surface area contributed by atoms with Gasteiger partial charge < -0.3 is 10.0 Å². The predicted molar refractivity (Wildman–Crippen MR) is 133 cm³/mol. The Morgan fingerprint density at radius 2 is 1.82 bits per heavy atom. The Hall–Kier alpha value is -2.76. The number of hydrogen-bond acceptors (Lipinski definition) is 7. The summed E-state index contributed by atoms with van der Waals surface area (Å²) >= 11 is 6.33. The summed E-state index contributed by atoms with van der Waals surface area (Å²) in [5.74, 6) is 3.57. The first-order chi connectivity index (χ1) is 18.0. The standard InChI is InChI=1S/C26H27ClF3N7O/c1-15-31-5-4-21(32-15)36-13-24(14-36)7-17(8-24)23-34-33-22-12-35(19-9-25(38,10-19)26(28,29)30)11-16-6-18(27)2-3-20(16)37(22)23/h2-6,17,19,38H,7-14H2,1H3. The average Bonchev–Trinajstić information content (AvgIpc) is 3.09. The Kier molecular flexibility index (Phi) is 5.19. The van der Waals surface area contributed by atoms with Crippen molar-refractivity contribution in [2.75, 3.05) is 18.0 Å². The van der Waals surface area contributed by atoms with Gasteiger partial charge in [0.1, 0.15) is 17.5 Å². The summed E-state index contributed by atoms with van der Waals surface area (Å²) in [6.45, 7) is 4.58. The molecule has 8 nitrogen and oxygen atoms in total. The lowest BCUT2D eigenvalue weighted by Gasteiger charge is -2.59. The van der Waals surface area contributed by atoms with E-state index in [1.807, 2.05) is 36.1 Å². The average molecular weight is 546 g/mol. The number of aryl methyl sites for hydroxylation is 1. The molecule has 2 aliphatic heterocycles. The number of benzene rings is 1. The number of nitrogens with zero attached hydrogens (tertiary/aromatic N) is 7. The van der Waals surface area contributed by atoms with Crippen molar-refractivity contribution >= 4 is 17.4 Å².